The molecular formula is C20H32O4. The summed E-state index contributed by atoms with van der Waals surface area (Å²) in [7, 11) is 0. The van der Waals surface area contributed by atoms with E-state index in [0.717, 1.165) is 38.5 Å². The minimum Gasteiger partial charge on any atom is -0.479 e. The van der Waals surface area contributed by atoms with Crippen LogP contribution in [0, 0.1) is 11.8 Å². The standard InChI is InChI=1S/C20H32O4/c1-2-3-4-5-6-8-11-16-14-15-18(21)17(16)12-9-7-10-13-19(22)20(23)24/h5-6,14-17,19,22H,2-4,7-13H2,1H3,(H,23,24)/t16-,17+,19?/m0/s1. The molecule has 24 heavy (non-hydrogen) atoms. The third-order valence-electron chi connectivity index (χ3n) is 4.73. The number of rotatable bonds is 13. The Hall–Kier alpha value is -1.42. The molecule has 0 radical (unpaired) electrons. The number of aliphatic hydroxyl groups excluding tert-OH is 1. The molecular weight excluding hydrogens is 304 g/mol. The first kappa shape index (κ1) is 20.6. The van der Waals surface area contributed by atoms with Crippen molar-refractivity contribution in [1.82, 2.24) is 0 Å². The highest BCUT2D eigenvalue weighted by molar-refractivity contribution is 5.94. The van der Waals surface area contributed by atoms with E-state index >= 15 is 0 Å². The Balaban J connectivity index is 2.21. The lowest BCUT2D eigenvalue weighted by Gasteiger charge is -2.17. The second-order valence-electron chi connectivity index (χ2n) is 6.71. The number of aliphatic hydroxyl groups is 1. The monoisotopic (exact) mass is 336 g/mol. The van der Waals surface area contributed by atoms with Crippen molar-refractivity contribution in [2.75, 3.05) is 0 Å². The van der Waals surface area contributed by atoms with Crippen LogP contribution in [0.25, 0.3) is 0 Å². The molecule has 0 heterocycles. The fourth-order valence-electron chi connectivity index (χ4n) is 3.19. The van der Waals surface area contributed by atoms with E-state index in [1.807, 2.05) is 0 Å². The van der Waals surface area contributed by atoms with Gasteiger partial charge in [0.05, 0.1) is 0 Å². The number of carbonyl (C=O) groups excluding carboxylic acids is 1. The molecule has 1 rings (SSSR count). The maximum absolute atomic E-state index is 12.0. The molecule has 0 fully saturated rings. The topological polar surface area (TPSA) is 74.6 Å². The zero-order valence-electron chi connectivity index (χ0n) is 14.8. The van der Waals surface area contributed by atoms with Gasteiger partial charge < -0.3 is 10.2 Å². The van der Waals surface area contributed by atoms with Gasteiger partial charge in [0.2, 0.25) is 0 Å². The van der Waals surface area contributed by atoms with Gasteiger partial charge in [0, 0.05) is 5.92 Å². The van der Waals surface area contributed by atoms with E-state index in [1.165, 1.54) is 12.8 Å². The predicted molar refractivity (Wildman–Crippen MR) is 95.8 cm³/mol. The zero-order chi connectivity index (χ0) is 17.8. The van der Waals surface area contributed by atoms with E-state index in [2.05, 4.69) is 25.2 Å². The summed E-state index contributed by atoms with van der Waals surface area (Å²) in [5.74, 6) is -0.478. The summed E-state index contributed by atoms with van der Waals surface area (Å²) < 4.78 is 0. The van der Waals surface area contributed by atoms with Crippen molar-refractivity contribution in [2.45, 2.75) is 77.2 Å². The zero-order valence-corrected chi connectivity index (χ0v) is 14.8. The van der Waals surface area contributed by atoms with E-state index in [0.29, 0.717) is 12.3 Å². The van der Waals surface area contributed by atoms with Gasteiger partial charge in [-0.2, -0.15) is 0 Å². The van der Waals surface area contributed by atoms with Crippen molar-refractivity contribution >= 4 is 11.8 Å². The number of hydrogen-bond acceptors (Lipinski definition) is 3. The van der Waals surface area contributed by atoms with Crippen molar-refractivity contribution in [1.29, 1.82) is 0 Å². The maximum atomic E-state index is 12.0. The van der Waals surface area contributed by atoms with Gasteiger partial charge in [0.15, 0.2) is 11.9 Å². The molecule has 0 aromatic carbocycles. The average Bonchev–Trinajstić information content (AvgIpc) is 2.90. The summed E-state index contributed by atoms with van der Waals surface area (Å²) in [5.41, 5.74) is 0. The Labute approximate surface area is 145 Å². The second kappa shape index (κ2) is 12.0. The van der Waals surface area contributed by atoms with Crippen LogP contribution in [0.3, 0.4) is 0 Å². The molecule has 4 nitrogen and oxygen atoms in total. The summed E-state index contributed by atoms with van der Waals surface area (Å²) in [5, 5.41) is 17.8. The first-order valence-corrected chi connectivity index (χ1v) is 9.34. The summed E-state index contributed by atoms with van der Waals surface area (Å²) >= 11 is 0. The van der Waals surface area contributed by atoms with Crippen molar-refractivity contribution in [3.63, 3.8) is 0 Å². The normalized spacial score (nSPS) is 21.7. The Kier molecular flexibility index (Phi) is 10.3. The minimum atomic E-state index is -1.26. The molecule has 3 atom stereocenters. The maximum Gasteiger partial charge on any atom is 0.332 e. The van der Waals surface area contributed by atoms with Gasteiger partial charge >= 0.3 is 5.97 Å². The smallest absolute Gasteiger partial charge is 0.332 e. The highest BCUT2D eigenvalue weighted by atomic mass is 16.4. The highest BCUT2D eigenvalue weighted by Gasteiger charge is 2.28. The van der Waals surface area contributed by atoms with Crippen molar-refractivity contribution in [2.24, 2.45) is 11.8 Å². The van der Waals surface area contributed by atoms with Crippen LogP contribution in [0.2, 0.25) is 0 Å². The Bertz CT molecular complexity index is 439. The molecule has 0 aliphatic heterocycles. The molecule has 0 amide bonds. The SMILES string of the molecule is CCCCC=CCC[C@H]1C=CC(=O)[C@@H]1CCCCCC(O)C(=O)O. The number of carboxylic acid groups (broad SMARTS) is 1. The summed E-state index contributed by atoms with van der Waals surface area (Å²) in [6, 6.07) is 0. The lowest BCUT2D eigenvalue weighted by atomic mass is 9.86. The lowest BCUT2D eigenvalue weighted by molar-refractivity contribution is -0.146. The van der Waals surface area contributed by atoms with Crippen LogP contribution in [0.5, 0.6) is 0 Å². The Morgan fingerprint density at radius 1 is 1.17 bits per heavy atom. The van der Waals surface area contributed by atoms with Crippen LogP contribution in [0.15, 0.2) is 24.3 Å². The number of carbonyl (C=O) groups is 2. The molecule has 1 aliphatic carbocycles. The number of ketones is 1. The van der Waals surface area contributed by atoms with Crippen LogP contribution in [0.1, 0.15) is 71.1 Å². The molecule has 0 spiro atoms. The van der Waals surface area contributed by atoms with E-state index in [-0.39, 0.29) is 18.1 Å². The second-order valence-corrected chi connectivity index (χ2v) is 6.71. The number of allylic oxidation sites excluding steroid dienone is 4. The third-order valence-corrected chi connectivity index (χ3v) is 4.73. The summed E-state index contributed by atoms with van der Waals surface area (Å²) in [6.45, 7) is 2.19. The Morgan fingerprint density at radius 2 is 1.92 bits per heavy atom. The number of aliphatic carboxylic acids is 1. The molecule has 1 aliphatic rings. The van der Waals surface area contributed by atoms with Crippen molar-refractivity contribution < 1.29 is 19.8 Å². The van der Waals surface area contributed by atoms with Crippen molar-refractivity contribution in [3.8, 4) is 0 Å². The first-order chi connectivity index (χ1) is 11.6. The molecule has 0 aromatic rings. The molecule has 0 bridgehead atoms. The summed E-state index contributed by atoms with van der Waals surface area (Å²) in [4.78, 5) is 22.5. The molecule has 0 saturated heterocycles. The fraction of sp³-hybridized carbons (Fsp3) is 0.700. The van der Waals surface area contributed by atoms with Gasteiger partial charge in [0.25, 0.3) is 0 Å². The average molecular weight is 336 g/mol. The molecule has 4 heteroatoms. The molecule has 1 unspecified atom stereocenters. The van der Waals surface area contributed by atoms with Gasteiger partial charge in [-0.3, -0.25) is 4.79 Å². The number of carboxylic acids is 1. The minimum absolute atomic E-state index is 0.0958. The van der Waals surface area contributed by atoms with Gasteiger partial charge in [-0.25, -0.2) is 4.79 Å². The van der Waals surface area contributed by atoms with Crippen molar-refractivity contribution in [3.05, 3.63) is 24.3 Å². The van der Waals surface area contributed by atoms with E-state index in [4.69, 9.17) is 5.11 Å². The van der Waals surface area contributed by atoms with Crippen LogP contribution in [-0.2, 0) is 9.59 Å². The van der Waals surface area contributed by atoms with Gasteiger partial charge in [-0.1, -0.05) is 57.3 Å². The number of unbranched alkanes of at least 4 members (excludes halogenated alkanes) is 4. The molecule has 2 N–H and O–H groups in total. The van der Waals surface area contributed by atoms with Gasteiger partial charge in [0.1, 0.15) is 0 Å². The van der Waals surface area contributed by atoms with Gasteiger partial charge in [-0.15, -0.1) is 0 Å². The first-order valence-electron chi connectivity index (χ1n) is 9.34. The molecule has 0 aromatic heterocycles. The lowest BCUT2D eigenvalue weighted by Crippen LogP contribution is -2.19. The van der Waals surface area contributed by atoms with Crippen LogP contribution >= 0.6 is 0 Å². The van der Waals surface area contributed by atoms with Crippen LogP contribution in [-0.4, -0.2) is 28.1 Å². The fourth-order valence-corrected chi connectivity index (χ4v) is 3.19. The van der Waals surface area contributed by atoms with E-state index in [9.17, 15) is 14.7 Å². The summed E-state index contributed by atoms with van der Waals surface area (Å²) in [6.07, 6.45) is 16.2. The molecule has 136 valence electrons. The highest BCUT2D eigenvalue weighted by Crippen LogP contribution is 2.31. The number of hydrogen-bond donors (Lipinski definition) is 2. The largest absolute Gasteiger partial charge is 0.479 e. The van der Waals surface area contributed by atoms with E-state index < -0.39 is 12.1 Å². The van der Waals surface area contributed by atoms with E-state index in [1.54, 1.807) is 6.08 Å². The van der Waals surface area contributed by atoms with Gasteiger partial charge in [-0.05, 0) is 44.1 Å². The molecule has 0 saturated carbocycles. The van der Waals surface area contributed by atoms with Crippen LogP contribution in [0.4, 0.5) is 0 Å². The third kappa shape index (κ3) is 7.91. The predicted octanol–water partition coefficient (Wildman–Crippen LogP) is 4.28. The van der Waals surface area contributed by atoms with Crippen LogP contribution < -0.4 is 0 Å². The quantitative estimate of drug-likeness (QED) is 0.389. The Morgan fingerprint density at radius 3 is 2.62 bits per heavy atom.